The van der Waals surface area contributed by atoms with Crippen molar-refractivity contribution in [3.8, 4) is 0 Å². The molecule has 0 bridgehead atoms. The van der Waals surface area contributed by atoms with E-state index in [1.54, 1.807) is 0 Å². The highest BCUT2D eigenvalue weighted by atomic mass is 16.6. The summed E-state index contributed by atoms with van der Waals surface area (Å²) in [5.41, 5.74) is 0. The van der Waals surface area contributed by atoms with Crippen molar-refractivity contribution in [3.63, 3.8) is 0 Å². The average molecular weight is 875 g/mol. The van der Waals surface area contributed by atoms with Crippen LogP contribution in [-0.2, 0) is 28.6 Å². The Morgan fingerprint density at radius 1 is 0.476 bits per heavy atom. The summed E-state index contributed by atoms with van der Waals surface area (Å²) in [6.07, 6.45) is 62.5. The lowest BCUT2D eigenvalue weighted by Gasteiger charge is -2.31. The summed E-state index contributed by atoms with van der Waals surface area (Å²) in [5.74, 6) is -1.58. The number of carboxylic acids is 1. The van der Waals surface area contributed by atoms with Gasteiger partial charge in [0.1, 0.15) is 6.61 Å². The zero-order chi connectivity index (χ0) is 46.3. The summed E-state index contributed by atoms with van der Waals surface area (Å²) in [7, 11) is 5.49. The largest absolute Gasteiger partial charge is 0.477 e. The minimum Gasteiger partial charge on any atom is -0.477 e. The number of carboxylic acid groups (broad SMARTS) is 1. The van der Waals surface area contributed by atoms with Gasteiger partial charge >= 0.3 is 17.9 Å². The third-order valence-electron chi connectivity index (χ3n) is 9.86. The number of allylic oxidation sites excluding steroid dienone is 20. The van der Waals surface area contributed by atoms with E-state index in [0.29, 0.717) is 19.3 Å². The van der Waals surface area contributed by atoms with Gasteiger partial charge in [-0.2, -0.15) is 0 Å². The van der Waals surface area contributed by atoms with Gasteiger partial charge in [-0.1, -0.05) is 161 Å². The molecule has 0 aromatic rings. The molecular weight excluding hydrogens is 787 g/mol. The number of likely N-dealkylation sites (N-methyl/N-ethyl adjacent to an activating group) is 1. The van der Waals surface area contributed by atoms with Crippen LogP contribution >= 0.6 is 0 Å². The van der Waals surface area contributed by atoms with Crippen molar-refractivity contribution < 1.29 is 38.2 Å². The predicted octanol–water partition coefficient (Wildman–Crippen LogP) is 13.8. The van der Waals surface area contributed by atoms with E-state index in [4.69, 9.17) is 14.2 Å². The van der Waals surface area contributed by atoms with Gasteiger partial charge < -0.3 is 23.8 Å². The SMILES string of the molecule is CC/C=C/C/C=C/C/C=C/C/C=C/C/C=C/CCCCCCCCC(=O)OCC(COCCC(C(=O)O)[N+](C)(C)C)OC(=O)CCC/C=C/C/C=C/C/C=C/C/C=C/C/C=C/CC. The summed E-state index contributed by atoms with van der Waals surface area (Å²) < 4.78 is 17.2. The number of hydrogen-bond acceptors (Lipinski definition) is 6. The zero-order valence-electron chi connectivity index (χ0n) is 40.2. The molecule has 0 aliphatic heterocycles. The standard InChI is InChI=1S/C55H87NO7/c1-6-8-10-12-14-16-18-20-22-24-25-26-27-28-30-31-33-35-37-39-41-43-45-53(57)62-50-51(49-61-48-47-52(55(59)60)56(3,4)5)63-54(58)46-44-42-40-38-36-34-32-29-23-21-19-17-15-13-11-9-7-2/h8-11,14-17,20-23,25-26,28,30,32,34,38,40,51-52H,6-7,12-13,18-19,24,27,29,31,33,35-37,39,41-50H2,1-5H3/p+1/b10-8+,11-9+,16-14+,17-15+,22-20+,23-21+,26-25+,30-28+,34-32+,40-38+. The van der Waals surface area contributed by atoms with Crippen molar-refractivity contribution in [1.29, 1.82) is 0 Å². The number of esters is 2. The molecule has 0 fully saturated rings. The van der Waals surface area contributed by atoms with Crippen LogP contribution < -0.4 is 0 Å². The lowest BCUT2D eigenvalue weighted by Crippen LogP contribution is -2.50. The van der Waals surface area contributed by atoms with Gasteiger partial charge in [0.05, 0.1) is 34.4 Å². The van der Waals surface area contributed by atoms with E-state index in [9.17, 15) is 19.5 Å². The highest BCUT2D eigenvalue weighted by molar-refractivity contribution is 5.72. The van der Waals surface area contributed by atoms with Crippen LogP contribution in [0.2, 0.25) is 0 Å². The van der Waals surface area contributed by atoms with Gasteiger partial charge in [0, 0.05) is 19.3 Å². The van der Waals surface area contributed by atoms with E-state index >= 15 is 0 Å². The molecule has 63 heavy (non-hydrogen) atoms. The van der Waals surface area contributed by atoms with Crippen molar-refractivity contribution in [3.05, 3.63) is 122 Å². The van der Waals surface area contributed by atoms with Gasteiger partial charge in [-0.15, -0.1) is 0 Å². The van der Waals surface area contributed by atoms with Gasteiger partial charge in [-0.3, -0.25) is 9.59 Å². The quantitative estimate of drug-likeness (QED) is 0.0283. The van der Waals surface area contributed by atoms with Crippen LogP contribution in [0.5, 0.6) is 0 Å². The minimum atomic E-state index is -0.892. The molecule has 1 N–H and O–H groups in total. The lowest BCUT2D eigenvalue weighted by molar-refractivity contribution is -0.887. The fourth-order valence-corrected chi connectivity index (χ4v) is 6.21. The molecule has 8 heteroatoms. The fraction of sp³-hybridized carbons (Fsp3) is 0.582. The average Bonchev–Trinajstić information content (AvgIpc) is 3.24. The van der Waals surface area contributed by atoms with E-state index in [1.807, 2.05) is 21.1 Å². The molecule has 354 valence electrons. The van der Waals surface area contributed by atoms with Crippen molar-refractivity contribution in [1.82, 2.24) is 0 Å². The number of rotatable bonds is 41. The monoisotopic (exact) mass is 875 g/mol. The number of unbranched alkanes of at least 4 members (excludes halogenated alkanes) is 7. The van der Waals surface area contributed by atoms with Gasteiger partial charge in [0.2, 0.25) is 0 Å². The van der Waals surface area contributed by atoms with Crippen LogP contribution in [0.3, 0.4) is 0 Å². The first-order chi connectivity index (χ1) is 30.6. The summed E-state index contributed by atoms with van der Waals surface area (Å²) in [4.78, 5) is 37.1. The first-order valence-corrected chi connectivity index (χ1v) is 24.1. The molecule has 0 aromatic heterocycles. The predicted molar refractivity (Wildman–Crippen MR) is 265 cm³/mol. The molecule has 8 nitrogen and oxygen atoms in total. The van der Waals surface area contributed by atoms with Gasteiger partial charge in [0.15, 0.2) is 12.1 Å². The molecule has 0 aliphatic rings. The highest BCUT2D eigenvalue weighted by Crippen LogP contribution is 2.12. The Morgan fingerprint density at radius 3 is 1.29 bits per heavy atom. The zero-order valence-corrected chi connectivity index (χ0v) is 40.2. The molecule has 0 aliphatic carbocycles. The molecule has 0 spiro atoms. The van der Waals surface area contributed by atoms with Crippen LogP contribution in [0, 0.1) is 0 Å². The second kappa shape index (κ2) is 44.3. The maximum absolute atomic E-state index is 12.7. The minimum absolute atomic E-state index is 0.0247. The van der Waals surface area contributed by atoms with Crippen LogP contribution in [0.15, 0.2) is 122 Å². The van der Waals surface area contributed by atoms with Crippen LogP contribution in [0.1, 0.15) is 155 Å². The second-order valence-corrected chi connectivity index (χ2v) is 16.6. The molecule has 0 amide bonds. The molecule has 2 unspecified atom stereocenters. The molecule has 0 heterocycles. The van der Waals surface area contributed by atoms with Crippen molar-refractivity contribution in [2.24, 2.45) is 0 Å². The maximum atomic E-state index is 12.7. The maximum Gasteiger partial charge on any atom is 0.362 e. The molecule has 0 saturated carbocycles. The number of hydrogen-bond donors (Lipinski definition) is 1. The third kappa shape index (κ3) is 42.8. The third-order valence-corrected chi connectivity index (χ3v) is 9.86. The summed E-state index contributed by atoms with van der Waals surface area (Å²) in [6.45, 7) is 4.41. The van der Waals surface area contributed by atoms with Crippen LogP contribution in [-0.4, -0.2) is 80.6 Å². The van der Waals surface area contributed by atoms with E-state index in [-0.39, 0.29) is 42.7 Å². The molecule has 0 aromatic carbocycles. The Bertz CT molecular complexity index is 1440. The smallest absolute Gasteiger partial charge is 0.362 e. The Balaban J connectivity index is 4.42. The van der Waals surface area contributed by atoms with Gasteiger partial charge in [0.25, 0.3) is 0 Å². The number of nitrogens with zero attached hydrogens (tertiary/aromatic N) is 1. The van der Waals surface area contributed by atoms with Crippen LogP contribution in [0.4, 0.5) is 0 Å². The molecule has 0 saturated heterocycles. The molecular formula is C55H88NO7+. The fourth-order valence-electron chi connectivity index (χ4n) is 6.21. The number of quaternary nitrogens is 1. The van der Waals surface area contributed by atoms with Crippen molar-refractivity contribution in [2.75, 3.05) is 41.0 Å². The topological polar surface area (TPSA) is 99.1 Å². The van der Waals surface area contributed by atoms with E-state index in [0.717, 1.165) is 103 Å². The van der Waals surface area contributed by atoms with Crippen LogP contribution in [0.25, 0.3) is 0 Å². The normalized spacial score (nSPS) is 14.0. The van der Waals surface area contributed by atoms with Gasteiger partial charge in [-0.25, -0.2) is 4.79 Å². The Hall–Kier alpha value is -4.27. The van der Waals surface area contributed by atoms with Crippen molar-refractivity contribution >= 4 is 17.9 Å². The van der Waals surface area contributed by atoms with E-state index < -0.39 is 18.1 Å². The summed E-state index contributed by atoms with van der Waals surface area (Å²) in [6, 6.07) is -0.635. The van der Waals surface area contributed by atoms with E-state index in [1.165, 1.54) is 12.8 Å². The number of aliphatic carboxylic acids is 1. The lowest BCUT2D eigenvalue weighted by atomic mass is 10.1. The van der Waals surface area contributed by atoms with Gasteiger partial charge in [-0.05, 0) is 96.3 Å². The first-order valence-electron chi connectivity index (χ1n) is 24.1. The first kappa shape index (κ1) is 58.7. The van der Waals surface area contributed by atoms with E-state index in [2.05, 4.69) is 135 Å². The highest BCUT2D eigenvalue weighted by Gasteiger charge is 2.31. The number of carbonyl (C=O) groups excluding carboxylic acids is 2. The second-order valence-electron chi connectivity index (χ2n) is 16.6. The Morgan fingerprint density at radius 2 is 0.857 bits per heavy atom. The summed E-state index contributed by atoms with van der Waals surface area (Å²) >= 11 is 0. The molecule has 0 radical (unpaired) electrons. The number of ether oxygens (including phenoxy) is 3. The summed E-state index contributed by atoms with van der Waals surface area (Å²) in [5, 5.41) is 9.64. The molecule has 2 atom stereocenters. The Kier molecular flexibility index (Phi) is 41.3. The Labute approximate surface area is 384 Å². The van der Waals surface area contributed by atoms with Crippen molar-refractivity contribution in [2.45, 2.75) is 167 Å². The molecule has 0 rings (SSSR count). The number of carbonyl (C=O) groups is 3.